The molecule has 1 aliphatic rings. The number of rotatable bonds is 4. The third kappa shape index (κ3) is 4.19. The number of likely N-dealkylation sites (N-methyl/N-ethyl adjacent to an activating group) is 1. The number of nitrogens with zero attached hydrogens (tertiary/aromatic N) is 1. The molecular weight excluding hydrogens is 277 g/mol. The lowest BCUT2D eigenvalue weighted by Crippen LogP contribution is -2.39. The average molecular weight is 300 g/mol. The minimum absolute atomic E-state index is 0.202. The summed E-state index contributed by atoms with van der Waals surface area (Å²) in [5, 5.41) is 3.28. The van der Waals surface area contributed by atoms with Crippen LogP contribution in [0.5, 0.6) is 0 Å². The van der Waals surface area contributed by atoms with Crippen molar-refractivity contribution < 1.29 is 13.2 Å². The van der Waals surface area contributed by atoms with Gasteiger partial charge in [0, 0.05) is 24.4 Å². The maximum Gasteiger partial charge on any atom is 0.391 e. The fourth-order valence-corrected chi connectivity index (χ4v) is 3.29. The van der Waals surface area contributed by atoms with E-state index < -0.39 is 12.1 Å². The Morgan fingerprint density at radius 2 is 1.95 bits per heavy atom. The van der Waals surface area contributed by atoms with Crippen molar-refractivity contribution in [2.45, 2.75) is 51.2 Å². The molecule has 118 valence electrons. The first kappa shape index (κ1) is 16.3. The van der Waals surface area contributed by atoms with Gasteiger partial charge in [0.15, 0.2) is 0 Å². The summed E-state index contributed by atoms with van der Waals surface area (Å²) in [7, 11) is 1.89. The smallest absolute Gasteiger partial charge is 0.316 e. The standard InChI is InChI=1S/C16H23F3N2/c1-11-4-3-9-21-14(11)10-15(20-2)12-5-7-13(8-6-12)16(17,18)19/h3-4,9,12-13,15,20H,5-8,10H2,1-2H3. The molecular formula is C16H23F3N2. The van der Waals surface area contributed by atoms with Crippen molar-refractivity contribution in [1.29, 1.82) is 0 Å². The first-order valence-corrected chi connectivity index (χ1v) is 7.56. The summed E-state index contributed by atoms with van der Waals surface area (Å²) in [6.07, 6.45) is 0.321. The van der Waals surface area contributed by atoms with Gasteiger partial charge in [0.2, 0.25) is 0 Å². The van der Waals surface area contributed by atoms with Gasteiger partial charge in [-0.15, -0.1) is 0 Å². The lowest BCUT2D eigenvalue weighted by atomic mass is 9.77. The van der Waals surface area contributed by atoms with Crippen molar-refractivity contribution in [3.8, 4) is 0 Å². The van der Waals surface area contributed by atoms with Crippen LogP contribution in [0.1, 0.15) is 36.9 Å². The summed E-state index contributed by atoms with van der Waals surface area (Å²) in [5.41, 5.74) is 2.18. The molecule has 1 saturated carbocycles. The summed E-state index contributed by atoms with van der Waals surface area (Å²) < 4.78 is 38.2. The molecule has 5 heteroatoms. The third-order valence-electron chi connectivity index (χ3n) is 4.71. The van der Waals surface area contributed by atoms with Gasteiger partial charge in [-0.3, -0.25) is 4.98 Å². The van der Waals surface area contributed by atoms with Gasteiger partial charge in [-0.05, 0) is 57.2 Å². The zero-order valence-corrected chi connectivity index (χ0v) is 12.6. The molecule has 1 aromatic rings. The van der Waals surface area contributed by atoms with Crippen LogP contribution in [0, 0.1) is 18.8 Å². The van der Waals surface area contributed by atoms with Crippen molar-refractivity contribution >= 4 is 0 Å². The molecule has 1 N–H and O–H groups in total. The van der Waals surface area contributed by atoms with Crippen LogP contribution in [0.15, 0.2) is 18.3 Å². The van der Waals surface area contributed by atoms with E-state index in [-0.39, 0.29) is 18.9 Å². The first-order chi connectivity index (χ1) is 9.91. The molecule has 1 heterocycles. The number of aromatic nitrogens is 1. The van der Waals surface area contributed by atoms with Crippen molar-refractivity contribution in [3.63, 3.8) is 0 Å². The molecule has 2 rings (SSSR count). The highest BCUT2D eigenvalue weighted by Gasteiger charge is 2.42. The number of pyridine rings is 1. The van der Waals surface area contributed by atoms with E-state index in [1.807, 2.05) is 26.1 Å². The number of alkyl halides is 3. The van der Waals surface area contributed by atoms with E-state index in [9.17, 15) is 13.2 Å². The molecule has 2 nitrogen and oxygen atoms in total. The third-order valence-corrected chi connectivity index (χ3v) is 4.71. The molecule has 0 saturated heterocycles. The summed E-state index contributed by atoms with van der Waals surface area (Å²) in [5.74, 6) is -0.808. The second kappa shape index (κ2) is 6.77. The largest absolute Gasteiger partial charge is 0.391 e. The van der Waals surface area contributed by atoms with Gasteiger partial charge in [0.1, 0.15) is 0 Å². The average Bonchev–Trinajstić information content (AvgIpc) is 2.46. The second-order valence-electron chi connectivity index (χ2n) is 6.02. The predicted octanol–water partition coefficient (Wildman–Crippen LogP) is 3.89. The number of nitrogens with one attached hydrogen (secondary N) is 1. The number of aryl methyl sites for hydroxylation is 1. The van der Waals surface area contributed by atoms with Gasteiger partial charge < -0.3 is 5.32 Å². The fourth-order valence-electron chi connectivity index (χ4n) is 3.29. The maximum absolute atomic E-state index is 12.7. The Balaban J connectivity index is 1.96. The molecule has 1 atom stereocenters. The van der Waals surface area contributed by atoms with Crippen molar-refractivity contribution in [3.05, 3.63) is 29.6 Å². The molecule has 1 aliphatic carbocycles. The molecule has 1 unspecified atom stereocenters. The van der Waals surface area contributed by atoms with Crippen LogP contribution in [0.2, 0.25) is 0 Å². The minimum atomic E-state index is -4.03. The summed E-state index contributed by atoms with van der Waals surface area (Å²) in [6.45, 7) is 2.02. The van der Waals surface area contributed by atoms with Crippen LogP contribution >= 0.6 is 0 Å². The Morgan fingerprint density at radius 3 is 2.48 bits per heavy atom. The molecule has 21 heavy (non-hydrogen) atoms. The van der Waals surface area contributed by atoms with Gasteiger partial charge in [0.25, 0.3) is 0 Å². The quantitative estimate of drug-likeness (QED) is 0.912. The number of hydrogen-bond acceptors (Lipinski definition) is 2. The van der Waals surface area contributed by atoms with Gasteiger partial charge >= 0.3 is 6.18 Å². The molecule has 1 fully saturated rings. The van der Waals surface area contributed by atoms with E-state index in [1.165, 1.54) is 0 Å². The van der Waals surface area contributed by atoms with Gasteiger partial charge in [-0.2, -0.15) is 13.2 Å². The van der Waals surface area contributed by atoms with E-state index in [4.69, 9.17) is 0 Å². The van der Waals surface area contributed by atoms with E-state index in [0.717, 1.165) is 17.7 Å². The Bertz CT molecular complexity index is 451. The van der Waals surface area contributed by atoms with Gasteiger partial charge in [-0.1, -0.05) is 6.07 Å². The highest BCUT2D eigenvalue weighted by Crippen LogP contribution is 2.40. The SMILES string of the molecule is CNC(Cc1ncccc1C)C1CCC(C(F)(F)F)CC1. The van der Waals surface area contributed by atoms with E-state index in [1.54, 1.807) is 6.20 Å². The molecule has 0 aliphatic heterocycles. The maximum atomic E-state index is 12.7. The Kier molecular flexibility index (Phi) is 5.25. The summed E-state index contributed by atoms with van der Waals surface area (Å²) in [6, 6.07) is 4.13. The van der Waals surface area contributed by atoms with Crippen LogP contribution in [-0.2, 0) is 6.42 Å². The summed E-state index contributed by atoms with van der Waals surface area (Å²) in [4.78, 5) is 4.40. The van der Waals surface area contributed by atoms with Crippen molar-refractivity contribution in [2.75, 3.05) is 7.05 Å². The van der Waals surface area contributed by atoms with E-state index in [2.05, 4.69) is 10.3 Å². The lowest BCUT2D eigenvalue weighted by Gasteiger charge is -2.34. The minimum Gasteiger partial charge on any atom is -0.316 e. The van der Waals surface area contributed by atoms with Gasteiger partial charge in [-0.25, -0.2) is 0 Å². The van der Waals surface area contributed by atoms with Gasteiger partial charge in [0.05, 0.1) is 5.92 Å². The van der Waals surface area contributed by atoms with Crippen molar-refractivity contribution in [1.82, 2.24) is 10.3 Å². The predicted molar refractivity (Wildman–Crippen MR) is 77.0 cm³/mol. The zero-order valence-electron chi connectivity index (χ0n) is 12.6. The highest BCUT2D eigenvalue weighted by molar-refractivity contribution is 5.18. The number of hydrogen-bond donors (Lipinski definition) is 1. The first-order valence-electron chi connectivity index (χ1n) is 7.56. The molecule has 0 radical (unpaired) electrons. The highest BCUT2D eigenvalue weighted by atomic mass is 19.4. The zero-order chi connectivity index (χ0) is 15.5. The van der Waals surface area contributed by atoms with Crippen LogP contribution in [0.3, 0.4) is 0 Å². The normalized spacial score (nSPS) is 24.8. The van der Waals surface area contributed by atoms with Crippen LogP contribution in [0.25, 0.3) is 0 Å². The molecule has 0 amide bonds. The molecule has 1 aromatic heterocycles. The Hall–Kier alpha value is -1.10. The van der Waals surface area contributed by atoms with Crippen LogP contribution < -0.4 is 5.32 Å². The van der Waals surface area contributed by atoms with E-state index in [0.29, 0.717) is 18.8 Å². The molecule has 0 spiro atoms. The fraction of sp³-hybridized carbons (Fsp3) is 0.688. The topological polar surface area (TPSA) is 24.9 Å². The second-order valence-corrected chi connectivity index (χ2v) is 6.02. The van der Waals surface area contributed by atoms with Crippen LogP contribution in [-0.4, -0.2) is 24.2 Å². The number of halogens is 3. The Labute approximate surface area is 124 Å². The van der Waals surface area contributed by atoms with Crippen LogP contribution in [0.4, 0.5) is 13.2 Å². The lowest BCUT2D eigenvalue weighted by molar-refractivity contribution is -0.184. The Morgan fingerprint density at radius 1 is 1.29 bits per heavy atom. The van der Waals surface area contributed by atoms with E-state index >= 15 is 0 Å². The monoisotopic (exact) mass is 300 g/mol. The molecule has 0 aromatic carbocycles. The molecule has 0 bridgehead atoms. The van der Waals surface area contributed by atoms with Crippen molar-refractivity contribution in [2.24, 2.45) is 11.8 Å². The summed E-state index contributed by atoms with van der Waals surface area (Å²) >= 11 is 0.